The van der Waals surface area contributed by atoms with Crippen LogP contribution in [0.25, 0.3) is 0 Å². The lowest BCUT2D eigenvalue weighted by atomic mass is 9.89. The Morgan fingerprint density at radius 1 is 1.21 bits per heavy atom. The summed E-state index contributed by atoms with van der Waals surface area (Å²) in [4.78, 5) is 12.7. The summed E-state index contributed by atoms with van der Waals surface area (Å²) in [5.41, 5.74) is -0.840. The molecule has 9 nitrogen and oxygen atoms in total. The van der Waals surface area contributed by atoms with Crippen molar-refractivity contribution in [3.05, 3.63) is 11.8 Å². The third kappa shape index (κ3) is 6.26. The number of aliphatic hydroxyl groups is 1. The van der Waals surface area contributed by atoms with E-state index in [2.05, 4.69) is 20.5 Å². The van der Waals surface area contributed by atoms with Crippen molar-refractivity contribution < 1.29 is 22.8 Å². The molecular formula is C18H32N4O5S. The molecule has 0 aromatic carbocycles. The molecule has 0 bridgehead atoms. The number of nitrogens with zero attached hydrogens (tertiary/aromatic N) is 1. The van der Waals surface area contributed by atoms with E-state index < -0.39 is 21.0 Å². The Morgan fingerprint density at radius 2 is 1.79 bits per heavy atom. The summed E-state index contributed by atoms with van der Waals surface area (Å²) < 4.78 is 30.5. The van der Waals surface area contributed by atoms with Gasteiger partial charge in [0.25, 0.3) is 0 Å². The number of hydrogen-bond acceptors (Lipinski definition) is 7. The van der Waals surface area contributed by atoms with Gasteiger partial charge in [0.1, 0.15) is 0 Å². The van der Waals surface area contributed by atoms with Gasteiger partial charge in [-0.15, -0.1) is 0 Å². The summed E-state index contributed by atoms with van der Waals surface area (Å²) in [6.45, 7) is 7.15. The number of amides is 1. The van der Waals surface area contributed by atoms with E-state index in [4.69, 9.17) is 4.52 Å². The molecular weight excluding hydrogens is 384 g/mol. The number of aliphatic hydroxyl groups excluding tert-OH is 1. The van der Waals surface area contributed by atoms with Crippen LogP contribution in [0.15, 0.2) is 10.6 Å². The molecule has 1 aromatic rings. The number of rotatable bonds is 8. The first-order chi connectivity index (χ1) is 12.8. The first kappa shape index (κ1) is 22.8. The van der Waals surface area contributed by atoms with E-state index in [1.807, 2.05) is 13.8 Å². The minimum absolute atomic E-state index is 0.0486. The Morgan fingerprint density at radius 3 is 2.32 bits per heavy atom. The van der Waals surface area contributed by atoms with Crippen LogP contribution in [0.4, 0.5) is 5.88 Å². The number of sulfonamides is 1. The lowest BCUT2D eigenvalue weighted by Gasteiger charge is -2.35. The minimum Gasteiger partial charge on any atom is -0.395 e. The predicted octanol–water partition coefficient (Wildman–Crippen LogP) is 1.11. The van der Waals surface area contributed by atoms with Crippen molar-refractivity contribution in [2.24, 2.45) is 0 Å². The smallest absolute Gasteiger partial charge is 0.246 e. The molecule has 0 saturated heterocycles. The van der Waals surface area contributed by atoms with Gasteiger partial charge >= 0.3 is 0 Å². The highest BCUT2D eigenvalue weighted by Gasteiger charge is 2.33. The van der Waals surface area contributed by atoms with Crippen molar-refractivity contribution in [3.8, 4) is 0 Å². The summed E-state index contributed by atoms with van der Waals surface area (Å²) in [5, 5.41) is 19.4. The number of carbonyl (C=O) groups is 1. The van der Waals surface area contributed by atoms with Gasteiger partial charge in [-0.3, -0.25) is 10.1 Å². The Kier molecular flexibility index (Phi) is 6.90. The fourth-order valence-electron chi connectivity index (χ4n) is 3.24. The number of hydrogen-bond donors (Lipinski definition) is 4. The maximum Gasteiger partial charge on any atom is 0.246 e. The van der Waals surface area contributed by atoms with Gasteiger partial charge in [0.2, 0.25) is 21.8 Å². The third-order valence-electron chi connectivity index (χ3n) is 5.08. The van der Waals surface area contributed by atoms with Crippen molar-refractivity contribution in [1.82, 2.24) is 15.2 Å². The molecule has 1 aliphatic carbocycles. The summed E-state index contributed by atoms with van der Waals surface area (Å²) >= 11 is 0. The maximum absolute atomic E-state index is 12.7. The van der Waals surface area contributed by atoms with E-state index >= 15 is 0 Å². The molecule has 0 atom stereocenters. The van der Waals surface area contributed by atoms with Crippen LogP contribution in [0.3, 0.4) is 0 Å². The molecule has 0 radical (unpaired) electrons. The SMILES string of the molecule is CC(C)(NC1CCC(NS(C)(=O)=O)CC1)C(=O)Nc1cc(C(C)(C)CO)no1. The Hall–Kier alpha value is -1.49. The van der Waals surface area contributed by atoms with Gasteiger partial charge < -0.3 is 14.9 Å². The second kappa shape index (κ2) is 8.48. The average Bonchev–Trinajstić information content (AvgIpc) is 3.04. The molecule has 1 heterocycles. The van der Waals surface area contributed by atoms with Gasteiger partial charge in [0.15, 0.2) is 0 Å². The Bertz CT molecular complexity index is 780. The predicted molar refractivity (Wildman–Crippen MR) is 106 cm³/mol. The largest absolute Gasteiger partial charge is 0.395 e. The van der Waals surface area contributed by atoms with Crippen molar-refractivity contribution >= 4 is 21.8 Å². The quantitative estimate of drug-likeness (QED) is 0.499. The van der Waals surface area contributed by atoms with Crippen LogP contribution in [0.1, 0.15) is 59.1 Å². The molecule has 0 spiro atoms. The topological polar surface area (TPSA) is 134 Å². The molecule has 2 rings (SSSR count). The van der Waals surface area contributed by atoms with Crippen LogP contribution in [-0.2, 0) is 20.2 Å². The second-order valence-electron chi connectivity index (χ2n) is 8.78. The van der Waals surface area contributed by atoms with Gasteiger partial charge in [-0.1, -0.05) is 19.0 Å². The molecule has 1 amide bonds. The van der Waals surface area contributed by atoms with E-state index in [9.17, 15) is 18.3 Å². The Balaban J connectivity index is 1.90. The summed E-state index contributed by atoms with van der Waals surface area (Å²) in [6, 6.07) is 1.69. The highest BCUT2D eigenvalue weighted by molar-refractivity contribution is 7.88. The monoisotopic (exact) mass is 416 g/mol. The average molecular weight is 417 g/mol. The lowest BCUT2D eigenvalue weighted by molar-refractivity contribution is -0.121. The number of carbonyl (C=O) groups excluding carboxylic acids is 1. The molecule has 4 N–H and O–H groups in total. The highest BCUT2D eigenvalue weighted by atomic mass is 32.2. The van der Waals surface area contributed by atoms with Gasteiger partial charge in [-0.25, -0.2) is 13.1 Å². The molecule has 28 heavy (non-hydrogen) atoms. The van der Waals surface area contributed by atoms with E-state index in [1.165, 1.54) is 6.26 Å². The zero-order valence-corrected chi connectivity index (χ0v) is 18.0. The van der Waals surface area contributed by atoms with Crippen LogP contribution < -0.4 is 15.4 Å². The van der Waals surface area contributed by atoms with Crippen LogP contribution in [0, 0.1) is 0 Å². The van der Waals surface area contributed by atoms with E-state index in [0.29, 0.717) is 5.69 Å². The molecule has 0 unspecified atom stereocenters. The van der Waals surface area contributed by atoms with E-state index in [-0.39, 0.29) is 30.5 Å². The summed E-state index contributed by atoms with van der Waals surface area (Å²) in [6.07, 6.45) is 4.18. The molecule has 1 aromatic heterocycles. The molecule has 1 fully saturated rings. The van der Waals surface area contributed by atoms with E-state index in [1.54, 1.807) is 19.9 Å². The van der Waals surface area contributed by atoms with Crippen LogP contribution in [0.5, 0.6) is 0 Å². The van der Waals surface area contributed by atoms with Crippen molar-refractivity contribution in [2.75, 3.05) is 18.2 Å². The second-order valence-corrected chi connectivity index (χ2v) is 10.6. The van der Waals surface area contributed by atoms with E-state index in [0.717, 1.165) is 25.7 Å². The first-order valence-electron chi connectivity index (χ1n) is 9.47. The molecule has 10 heteroatoms. The lowest BCUT2D eigenvalue weighted by Crippen LogP contribution is -2.55. The summed E-state index contributed by atoms with van der Waals surface area (Å²) in [7, 11) is -3.20. The van der Waals surface area contributed by atoms with Crippen LogP contribution in [0.2, 0.25) is 0 Å². The van der Waals surface area contributed by atoms with Gasteiger partial charge in [0, 0.05) is 23.6 Å². The van der Waals surface area contributed by atoms with Crippen molar-refractivity contribution in [2.45, 2.75) is 76.4 Å². The highest BCUT2D eigenvalue weighted by Crippen LogP contribution is 2.25. The standard InChI is InChI=1S/C18H32N4O5S/c1-17(2,11-23)14-10-15(27-21-14)19-16(24)18(3,4)20-12-6-8-13(9-7-12)22-28(5,25)26/h10,12-13,20,22-23H,6-9,11H2,1-5H3,(H,19,24). The summed E-state index contributed by atoms with van der Waals surface area (Å²) in [5.74, 6) is -0.0224. The molecule has 1 saturated carbocycles. The zero-order chi connectivity index (χ0) is 21.2. The first-order valence-corrected chi connectivity index (χ1v) is 11.4. The van der Waals surface area contributed by atoms with Crippen molar-refractivity contribution in [1.29, 1.82) is 0 Å². The molecule has 1 aliphatic rings. The fraction of sp³-hybridized carbons (Fsp3) is 0.778. The molecule has 160 valence electrons. The normalized spacial score (nSPS) is 21.5. The minimum atomic E-state index is -3.20. The van der Waals surface area contributed by atoms with Crippen molar-refractivity contribution in [3.63, 3.8) is 0 Å². The fourth-order valence-corrected chi connectivity index (χ4v) is 4.08. The Labute approximate surface area is 166 Å². The van der Waals surface area contributed by atoms with Gasteiger partial charge in [-0.2, -0.15) is 0 Å². The zero-order valence-electron chi connectivity index (χ0n) is 17.2. The van der Waals surface area contributed by atoms with Gasteiger partial charge in [-0.05, 0) is 39.5 Å². The number of anilines is 1. The third-order valence-corrected chi connectivity index (χ3v) is 5.84. The van der Waals surface area contributed by atoms with Crippen LogP contribution in [-0.4, -0.2) is 55.1 Å². The van der Waals surface area contributed by atoms with Crippen LogP contribution >= 0.6 is 0 Å². The maximum atomic E-state index is 12.7. The number of aromatic nitrogens is 1. The van der Waals surface area contributed by atoms with Gasteiger partial charge in [0.05, 0.1) is 24.1 Å². The number of nitrogens with one attached hydrogen (secondary N) is 3. The molecule has 0 aliphatic heterocycles.